The molecule has 10 heteroatoms. The second-order valence-corrected chi connectivity index (χ2v) is 19.5. The normalized spacial score (nSPS) is 14.0. The minimum atomic E-state index is -4.41. The zero-order chi connectivity index (χ0) is 51.7. The van der Waals surface area contributed by atoms with Crippen LogP contribution >= 0.6 is 7.82 Å². The van der Waals surface area contributed by atoms with Crippen LogP contribution in [0.25, 0.3) is 0 Å². The van der Waals surface area contributed by atoms with E-state index in [2.05, 4.69) is 135 Å². The van der Waals surface area contributed by atoms with E-state index in [9.17, 15) is 19.0 Å². The molecule has 0 rings (SSSR count). The fourth-order valence-electron chi connectivity index (χ4n) is 7.21. The van der Waals surface area contributed by atoms with Gasteiger partial charge in [-0.1, -0.05) is 219 Å². The first-order chi connectivity index (χ1) is 34.8. The van der Waals surface area contributed by atoms with Crippen molar-refractivity contribution in [1.29, 1.82) is 0 Å². The van der Waals surface area contributed by atoms with Crippen molar-refractivity contribution in [2.24, 2.45) is 5.73 Å². The Hall–Kier alpha value is -3.59. The van der Waals surface area contributed by atoms with Crippen LogP contribution in [0.4, 0.5) is 0 Å². The Balaban J connectivity index is 4.12. The molecule has 0 aromatic rings. The van der Waals surface area contributed by atoms with E-state index >= 15 is 0 Å². The van der Waals surface area contributed by atoms with Crippen LogP contribution in [-0.2, 0) is 32.7 Å². The number of hydrogen-bond donors (Lipinski definition) is 2. The van der Waals surface area contributed by atoms with Gasteiger partial charge in [0.15, 0.2) is 6.10 Å². The Kier molecular flexibility index (Phi) is 52.9. The Labute approximate surface area is 434 Å². The summed E-state index contributed by atoms with van der Waals surface area (Å²) in [6, 6.07) is 0. The topological polar surface area (TPSA) is 134 Å². The van der Waals surface area contributed by atoms with Gasteiger partial charge in [-0.25, -0.2) is 4.57 Å². The summed E-state index contributed by atoms with van der Waals surface area (Å²) >= 11 is 0. The van der Waals surface area contributed by atoms with Gasteiger partial charge in [0.25, 0.3) is 0 Å². The number of carbonyl (C=O) groups is 2. The summed E-state index contributed by atoms with van der Waals surface area (Å²) < 4.78 is 33.0. The van der Waals surface area contributed by atoms with Crippen LogP contribution in [0, 0.1) is 0 Å². The van der Waals surface area contributed by atoms with Crippen molar-refractivity contribution >= 4 is 19.8 Å². The Morgan fingerprint density at radius 3 is 1.17 bits per heavy atom. The van der Waals surface area contributed by atoms with Crippen LogP contribution < -0.4 is 5.73 Å². The third kappa shape index (κ3) is 55.6. The van der Waals surface area contributed by atoms with Crippen molar-refractivity contribution in [3.63, 3.8) is 0 Å². The van der Waals surface area contributed by atoms with Gasteiger partial charge in [0.1, 0.15) is 6.61 Å². The zero-order valence-electron chi connectivity index (χ0n) is 44.9. The Bertz CT molecular complexity index is 1570. The van der Waals surface area contributed by atoms with Crippen LogP contribution in [0.5, 0.6) is 0 Å². The van der Waals surface area contributed by atoms with Gasteiger partial charge in [-0.2, -0.15) is 0 Å². The first-order valence-corrected chi connectivity index (χ1v) is 29.5. The van der Waals surface area contributed by atoms with Crippen LogP contribution in [0.2, 0.25) is 0 Å². The summed E-state index contributed by atoms with van der Waals surface area (Å²) in [5.74, 6) is -0.878. The minimum absolute atomic E-state index is 0.0401. The van der Waals surface area contributed by atoms with E-state index in [-0.39, 0.29) is 32.6 Å². The summed E-state index contributed by atoms with van der Waals surface area (Å²) in [7, 11) is -4.41. The second kappa shape index (κ2) is 55.7. The molecule has 0 saturated carbocycles. The van der Waals surface area contributed by atoms with E-state index in [0.717, 1.165) is 109 Å². The number of esters is 2. The van der Waals surface area contributed by atoms with Gasteiger partial charge in [0.05, 0.1) is 13.2 Å². The van der Waals surface area contributed by atoms with E-state index in [1.165, 1.54) is 77.0 Å². The summed E-state index contributed by atoms with van der Waals surface area (Å²) in [5, 5.41) is 0. The van der Waals surface area contributed by atoms with Crippen molar-refractivity contribution in [3.05, 3.63) is 122 Å². The zero-order valence-corrected chi connectivity index (χ0v) is 45.8. The minimum Gasteiger partial charge on any atom is -0.462 e. The quantitative estimate of drug-likeness (QED) is 0.0264. The molecule has 9 nitrogen and oxygen atoms in total. The molecule has 71 heavy (non-hydrogen) atoms. The van der Waals surface area contributed by atoms with E-state index in [1.807, 2.05) is 0 Å². The lowest BCUT2D eigenvalue weighted by Gasteiger charge is -2.19. The van der Waals surface area contributed by atoms with Crippen LogP contribution in [0.3, 0.4) is 0 Å². The highest BCUT2D eigenvalue weighted by Gasteiger charge is 2.26. The largest absolute Gasteiger partial charge is 0.472 e. The lowest BCUT2D eigenvalue weighted by molar-refractivity contribution is -0.161. The summed E-state index contributed by atoms with van der Waals surface area (Å²) in [5.41, 5.74) is 5.37. The van der Waals surface area contributed by atoms with Crippen molar-refractivity contribution in [2.45, 2.75) is 225 Å². The predicted molar refractivity (Wildman–Crippen MR) is 302 cm³/mol. The molecule has 0 aromatic carbocycles. The highest BCUT2D eigenvalue weighted by Crippen LogP contribution is 2.43. The number of rotatable bonds is 51. The molecule has 0 aliphatic carbocycles. The van der Waals surface area contributed by atoms with Crippen LogP contribution in [-0.4, -0.2) is 49.3 Å². The number of unbranched alkanes of at least 4 members (excludes halogenated alkanes) is 18. The molecule has 0 amide bonds. The molecule has 0 aliphatic rings. The molecule has 0 heterocycles. The lowest BCUT2D eigenvalue weighted by atomic mass is 10.1. The number of allylic oxidation sites excluding steroid dienone is 20. The predicted octanol–water partition coefficient (Wildman–Crippen LogP) is 17.6. The Morgan fingerprint density at radius 1 is 0.437 bits per heavy atom. The number of phosphoric acid groups is 1. The third-order valence-corrected chi connectivity index (χ3v) is 12.3. The molecule has 0 saturated heterocycles. The van der Waals surface area contributed by atoms with E-state index in [0.29, 0.717) is 6.42 Å². The Morgan fingerprint density at radius 2 is 0.775 bits per heavy atom. The standard InChI is InChI=1S/C61H102NO8P/c1-3-5-7-9-11-13-15-17-19-21-23-25-27-29-31-33-35-37-39-41-43-45-47-49-51-53-60(63)67-57-59(58-69-71(65,66)68-56-55-62)70-61(64)54-52-50-48-46-44-42-40-38-36-34-32-30-28-26-24-22-20-18-16-14-12-10-8-6-4-2/h6,8,12,14-15,17-18,20-21,23-24,26-27,29-30,32,36,38,42,44,59H,3-5,7,9-11,13,16,19,22,25,28,31,33-35,37,39-41,43,45-58,62H2,1-2H3,(H,65,66)/b8-6-,14-12-,17-15-,20-18-,23-21-,26-24-,29-27-,32-30-,38-36-,44-42-. The van der Waals surface area contributed by atoms with Crippen LogP contribution in [0.1, 0.15) is 219 Å². The van der Waals surface area contributed by atoms with Gasteiger partial charge in [-0.3, -0.25) is 18.6 Å². The first-order valence-electron chi connectivity index (χ1n) is 28.0. The van der Waals surface area contributed by atoms with Gasteiger partial charge < -0.3 is 20.1 Å². The molecule has 0 radical (unpaired) electrons. The molecular weight excluding hydrogens is 906 g/mol. The van der Waals surface area contributed by atoms with Gasteiger partial charge in [0.2, 0.25) is 0 Å². The fourth-order valence-corrected chi connectivity index (χ4v) is 7.98. The van der Waals surface area contributed by atoms with Crippen molar-refractivity contribution in [2.75, 3.05) is 26.4 Å². The van der Waals surface area contributed by atoms with E-state index in [1.54, 1.807) is 0 Å². The molecule has 0 aromatic heterocycles. The van der Waals surface area contributed by atoms with Gasteiger partial charge in [-0.05, 0) is 109 Å². The molecular formula is C61H102NO8P. The van der Waals surface area contributed by atoms with Crippen molar-refractivity contribution < 1.29 is 37.6 Å². The molecule has 404 valence electrons. The number of hydrogen-bond acceptors (Lipinski definition) is 8. The maximum atomic E-state index is 12.7. The van der Waals surface area contributed by atoms with Gasteiger partial charge in [-0.15, -0.1) is 0 Å². The average Bonchev–Trinajstić information content (AvgIpc) is 3.36. The highest BCUT2D eigenvalue weighted by atomic mass is 31.2. The number of carbonyl (C=O) groups excluding carboxylic acids is 2. The molecule has 0 spiro atoms. The number of nitrogens with two attached hydrogens (primary N) is 1. The second-order valence-electron chi connectivity index (χ2n) is 18.1. The average molecular weight is 1010 g/mol. The van der Waals surface area contributed by atoms with Gasteiger partial charge >= 0.3 is 19.8 Å². The molecule has 0 aliphatic heterocycles. The number of phosphoric ester groups is 1. The molecule has 2 atom stereocenters. The lowest BCUT2D eigenvalue weighted by Crippen LogP contribution is -2.29. The molecule has 3 N–H and O–H groups in total. The van der Waals surface area contributed by atoms with E-state index in [4.69, 9.17) is 24.3 Å². The molecule has 0 fully saturated rings. The summed E-state index contributed by atoms with van der Waals surface area (Å²) in [6.07, 6.45) is 76.7. The fraction of sp³-hybridized carbons (Fsp3) is 0.639. The van der Waals surface area contributed by atoms with Gasteiger partial charge in [0, 0.05) is 19.4 Å². The van der Waals surface area contributed by atoms with Crippen molar-refractivity contribution in [3.8, 4) is 0 Å². The summed E-state index contributed by atoms with van der Waals surface area (Å²) in [6.45, 7) is 3.56. The molecule has 0 bridgehead atoms. The first kappa shape index (κ1) is 67.4. The van der Waals surface area contributed by atoms with Crippen LogP contribution in [0.15, 0.2) is 122 Å². The summed E-state index contributed by atoms with van der Waals surface area (Å²) in [4.78, 5) is 35.2. The van der Waals surface area contributed by atoms with E-state index < -0.39 is 32.5 Å². The smallest absolute Gasteiger partial charge is 0.462 e. The monoisotopic (exact) mass is 1010 g/mol. The maximum Gasteiger partial charge on any atom is 0.472 e. The SMILES string of the molecule is CC/C=C\C/C=C\C/C=C\C/C=C\C/C=C\C/C=C\C/C=C\CCCCCC(=O)OC(COC(=O)CCCCCCCCCCCC/C=C\C/C=C\C/C=C\CCCCCCC)COP(=O)(O)OCCN. The number of ether oxygens (including phenoxy) is 2. The molecule has 2 unspecified atom stereocenters. The maximum absolute atomic E-state index is 12.7. The highest BCUT2D eigenvalue weighted by molar-refractivity contribution is 7.47. The third-order valence-electron chi connectivity index (χ3n) is 11.3. The van der Waals surface area contributed by atoms with Crippen molar-refractivity contribution in [1.82, 2.24) is 0 Å².